The lowest BCUT2D eigenvalue weighted by atomic mass is 9.96. The van der Waals surface area contributed by atoms with Gasteiger partial charge in [-0.1, -0.05) is 0 Å². The van der Waals surface area contributed by atoms with E-state index in [9.17, 15) is 19.8 Å². The van der Waals surface area contributed by atoms with Crippen molar-refractivity contribution in [3.05, 3.63) is 0 Å². The van der Waals surface area contributed by atoms with Gasteiger partial charge in [0.1, 0.15) is 24.4 Å². The van der Waals surface area contributed by atoms with Gasteiger partial charge in [-0.15, -0.1) is 0 Å². The van der Waals surface area contributed by atoms with Crippen LogP contribution in [0, 0.1) is 0 Å². The molecule has 4 N–H and O–H groups in total. The van der Waals surface area contributed by atoms with Gasteiger partial charge in [-0.3, -0.25) is 4.79 Å². The Kier molecular flexibility index (Phi) is 6.49. The van der Waals surface area contributed by atoms with Crippen molar-refractivity contribution in [2.75, 3.05) is 13.7 Å². The maximum absolute atomic E-state index is 11.4. The lowest BCUT2D eigenvalue weighted by Crippen LogP contribution is -2.65. The molecule has 6 atom stereocenters. The Morgan fingerprint density at radius 3 is 2.48 bits per heavy atom. The van der Waals surface area contributed by atoms with E-state index in [-0.39, 0.29) is 0 Å². The molecule has 1 heterocycles. The van der Waals surface area contributed by atoms with E-state index in [1.54, 1.807) is 0 Å². The monoisotopic (exact) mass is 307 g/mol. The molecule has 0 aromatic carbocycles. The third kappa shape index (κ3) is 4.35. The fourth-order valence-electron chi connectivity index (χ4n) is 2.09. The number of nitrogens with one attached hydrogen (secondary N) is 1. The van der Waals surface area contributed by atoms with Crippen molar-refractivity contribution in [3.63, 3.8) is 0 Å². The van der Waals surface area contributed by atoms with Crippen molar-refractivity contribution in [2.24, 2.45) is 0 Å². The van der Waals surface area contributed by atoms with Crippen LogP contribution in [-0.4, -0.2) is 77.7 Å². The standard InChI is InChI=1S/C12H21NO8/c1-5(11(17)19-3)20-10-8(13-6(2)15)12(18)21-7(4-14)9(10)16/h5,7-10,12,14,16,18H,4H2,1-3H3,(H,13,15)/t5?,7-,8-,9-,10-,12+/m1/s1. The molecule has 0 spiro atoms. The van der Waals surface area contributed by atoms with E-state index in [0.717, 1.165) is 0 Å². The number of carbonyl (C=O) groups is 2. The molecule has 122 valence electrons. The highest BCUT2D eigenvalue weighted by Gasteiger charge is 2.46. The van der Waals surface area contributed by atoms with Crippen molar-refractivity contribution >= 4 is 11.9 Å². The lowest BCUT2D eigenvalue weighted by Gasteiger charge is -2.43. The van der Waals surface area contributed by atoms with Crippen LogP contribution in [0.5, 0.6) is 0 Å². The van der Waals surface area contributed by atoms with Crippen LogP contribution in [0.3, 0.4) is 0 Å². The van der Waals surface area contributed by atoms with Gasteiger partial charge >= 0.3 is 5.97 Å². The molecule has 0 radical (unpaired) electrons. The maximum atomic E-state index is 11.4. The van der Waals surface area contributed by atoms with Gasteiger partial charge in [0.15, 0.2) is 12.4 Å². The molecule has 0 bridgehead atoms. The molecule has 1 saturated heterocycles. The number of hydrogen-bond donors (Lipinski definition) is 4. The quantitative estimate of drug-likeness (QED) is 0.410. The van der Waals surface area contributed by atoms with Crippen LogP contribution in [-0.2, 0) is 23.8 Å². The highest BCUT2D eigenvalue weighted by atomic mass is 16.6. The summed E-state index contributed by atoms with van der Waals surface area (Å²) in [6.07, 6.45) is -6.12. The lowest BCUT2D eigenvalue weighted by molar-refractivity contribution is -0.267. The fraction of sp³-hybridized carbons (Fsp3) is 0.833. The molecule has 1 aliphatic rings. The van der Waals surface area contributed by atoms with Crippen molar-refractivity contribution in [1.29, 1.82) is 0 Å². The zero-order valence-electron chi connectivity index (χ0n) is 12.1. The van der Waals surface area contributed by atoms with Crippen LogP contribution in [0.4, 0.5) is 0 Å². The van der Waals surface area contributed by atoms with Gasteiger partial charge < -0.3 is 34.8 Å². The second-order valence-corrected chi connectivity index (χ2v) is 4.73. The van der Waals surface area contributed by atoms with Gasteiger partial charge in [-0.2, -0.15) is 0 Å². The first-order valence-corrected chi connectivity index (χ1v) is 6.44. The van der Waals surface area contributed by atoms with Gasteiger partial charge in [0.05, 0.1) is 13.7 Å². The predicted molar refractivity (Wildman–Crippen MR) is 67.9 cm³/mol. The average molecular weight is 307 g/mol. The summed E-state index contributed by atoms with van der Waals surface area (Å²) in [7, 11) is 1.18. The van der Waals surface area contributed by atoms with Crippen molar-refractivity contribution < 1.29 is 39.1 Å². The number of ether oxygens (including phenoxy) is 3. The van der Waals surface area contributed by atoms with Crippen molar-refractivity contribution in [3.8, 4) is 0 Å². The normalized spacial score (nSPS) is 34.1. The molecule has 1 amide bonds. The summed E-state index contributed by atoms with van der Waals surface area (Å²) in [6.45, 7) is 2.06. The summed E-state index contributed by atoms with van der Waals surface area (Å²) in [5.74, 6) is -1.15. The first-order chi connectivity index (χ1) is 9.81. The minimum absolute atomic E-state index is 0.475. The minimum Gasteiger partial charge on any atom is -0.467 e. The van der Waals surface area contributed by atoms with Crippen LogP contribution in [0.25, 0.3) is 0 Å². The van der Waals surface area contributed by atoms with Crippen LogP contribution < -0.4 is 5.32 Å². The highest BCUT2D eigenvalue weighted by molar-refractivity contribution is 5.74. The maximum Gasteiger partial charge on any atom is 0.334 e. The number of esters is 1. The number of rotatable bonds is 5. The fourth-order valence-corrected chi connectivity index (χ4v) is 2.09. The number of aliphatic hydroxyl groups is 3. The molecule has 0 saturated carbocycles. The summed E-state index contributed by atoms with van der Waals surface area (Å²) in [5.41, 5.74) is 0. The topological polar surface area (TPSA) is 135 Å². The second-order valence-electron chi connectivity index (χ2n) is 4.73. The third-order valence-electron chi connectivity index (χ3n) is 3.14. The molecule has 9 heteroatoms. The first-order valence-electron chi connectivity index (χ1n) is 6.44. The van der Waals surface area contributed by atoms with Crippen LogP contribution in [0.15, 0.2) is 0 Å². The Bertz CT molecular complexity index is 376. The van der Waals surface area contributed by atoms with Crippen molar-refractivity contribution in [1.82, 2.24) is 5.32 Å². The molecular weight excluding hydrogens is 286 g/mol. The zero-order valence-corrected chi connectivity index (χ0v) is 12.1. The summed E-state index contributed by atoms with van der Waals surface area (Å²) < 4.78 is 14.9. The number of carbonyl (C=O) groups excluding carboxylic acids is 2. The Morgan fingerprint density at radius 1 is 1.38 bits per heavy atom. The summed E-state index contributed by atoms with van der Waals surface area (Å²) in [4.78, 5) is 22.6. The third-order valence-corrected chi connectivity index (χ3v) is 3.14. The van der Waals surface area contributed by atoms with Gasteiger partial charge in [-0.05, 0) is 6.92 Å². The van der Waals surface area contributed by atoms with E-state index >= 15 is 0 Å². The molecule has 1 rings (SSSR count). The summed E-state index contributed by atoms with van der Waals surface area (Å²) in [6, 6.07) is -1.09. The van der Waals surface area contributed by atoms with Gasteiger partial charge in [0.2, 0.25) is 5.91 Å². The smallest absolute Gasteiger partial charge is 0.334 e. The van der Waals surface area contributed by atoms with E-state index in [2.05, 4.69) is 10.1 Å². The van der Waals surface area contributed by atoms with Gasteiger partial charge in [0, 0.05) is 6.92 Å². The molecule has 1 fully saturated rings. The van der Waals surface area contributed by atoms with Crippen LogP contribution in [0.2, 0.25) is 0 Å². The van der Waals surface area contributed by atoms with Crippen LogP contribution >= 0.6 is 0 Å². The van der Waals surface area contributed by atoms with Crippen molar-refractivity contribution in [2.45, 2.75) is 50.6 Å². The van der Waals surface area contributed by atoms with E-state index in [0.29, 0.717) is 0 Å². The highest BCUT2D eigenvalue weighted by Crippen LogP contribution is 2.23. The molecular formula is C12H21NO8. The molecule has 0 aromatic rings. The van der Waals surface area contributed by atoms with E-state index in [1.807, 2.05) is 0 Å². The number of methoxy groups -OCH3 is 1. The molecule has 0 aliphatic carbocycles. The van der Waals surface area contributed by atoms with E-state index < -0.39 is 55.2 Å². The minimum atomic E-state index is -1.50. The average Bonchev–Trinajstić information content (AvgIpc) is 2.44. The van der Waals surface area contributed by atoms with E-state index in [4.69, 9.17) is 14.6 Å². The first kappa shape index (κ1) is 17.8. The Morgan fingerprint density at radius 2 is 2.00 bits per heavy atom. The zero-order chi connectivity index (χ0) is 16.2. The Balaban J connectivity index is 2.92. The molecule has 0 aromatic heterocycles. The SMILES string of the molecule is COC(=O)C(C)O[C@H]1[C@H](O)[C@@H](CO)O[C@H](O)[C@@H]1NC(C)=O. The van der Waals surface area contributed by atoms with Gasteiger partial charge in [0.25, 0.3) is 0 Å². The molecule has 1 aliphatic heterocycles. The van der Waals surface area contributed by atoms with E-state index in [1.165, 1.54) is 21.0 Å². The molecule has 1 unspecified atom stereocenters. The number of amides is 1. The number of hydrogen-bond acceptors (Lipinski definition) is 8. The molecule has 21 heavy (non-hydrogen) atoms. The summed E-state index contributed by atoms with van der Waals surface area (Å²) in [5, 5.41) is 31.5. The van der Waals surface area contributed by atoms with Crippen LogP contribution in [0.1, 0.15) is 13.8 Å². The second kappa shape index (κ2) is 7.66. The Labute approximate surface area is 121 Å². The summed E-state index contributed by atoms with van der Waals surface area (Å²) >= 11 is 0. The number of aliphatic hydroxyl groups excluding tert-OH is 3. The Hall–Kier alpha value is -1.26. The molecule has 9 nitrogen and oxygen atoms in total. The van der Waals surface area contributed by atoms with Gasteiger partial charge in [-0.25, -0.2) is 4.79 Å². The largest absolute Gasteiger partial charge is 0.467 e. The predicted octanol–water partition coefficient (Wildman–Crippen LogP) is -2.49.